The fraction of sp³-hybridized carbons (Fsp3) is 0. The molecular weight excluding hydrogens is 399 g/mol. The van der Waals surface area contributed by atoms with Crippen molar-refractivity contribution >= 4 is 28.6 Å². The Morgan fingerprint density at radius 2 is 2.00 bits per heavy atom. The van der Waals surface area contributed by atoms with Gasteiger partial charge in [0.1, 0.15) is 11.4 Å². The van der Waals surface area contributed by atoms with Crippen LogP contribution in [0.5, 0.6) is 0 Å². The van der Waals surface area contributed by atoms with Crippen molar-refractivity contribution in [3.8, 4) is 17.5 Å². The number of nitriles is 1. The molecule has 0 aliphatic heterocycles. The van der Waals surface area contributed by atoms with Crippen molar-refractivity contribution < 1.29 is 18.7 Å². The molecule has 142 valence electrons. The molecule has 4 aromatic rings. The Hall–Kier alpha value is -3.97. The van der Waals surface area contributed by atoms with Gasteiger partial charge in [0.25, 0.3) is 5.22 Å². The van der Waals surface area contributed by atoms with Crippen molar-refractivity contribution in [1.82, 2.24) is 15.2 Å². The van der Waals surface area contributed by atoms with E-state index in [1.54, 1.807) is 24.3 Å². The summed E-state index contributed by atoms with van der Waals surface area (Å²) < 4.78 is 20.0. The van der Waals surface area contributed by atoms with Crippen LogP contribution < -0.4 is 5.43 Å². The first kappa shape index (κ1) is 18.4. The summed E-state index contributed by atoms with van der Waals surface area (Å²) in [6.07, 6.45) is 1.06. The highest BCUT2D eigenvalue weighted by Gasteiger charge is 2.17. The summed E-state index contributed by atoms with van der Waals surface area (Å²) in [6.45, 7) is 0. The number of nitrogens with one attached hydrogen (secondary N) is 1. The largest absolute Gasteiger partial charge is 0.477 e. The molecule has 0 fully saturated rings. The Morgan fingerprint density at radius 3 is 2.69 bits per heavy atom. The van der Waals surface area contributed by atoms with Crippen LogP contribution in [-0.4, -0.2) is 26.3 Å². The van der Waals surface area contributed by atoms with Crippen LogP contribution in [0.2, 0.25) is 0 Å². The number of pyridine rings is 1. The molecule has 0 unspecified atom stereocenters. The number of nitrogens with zero attached hydrogens (tertiary/aromatic N) is 3. The summed E-state index contributed by atoms with van der Waals surface area (Å²) in [6, 6.07) is 10.9. The Morgan fingerprint density at radius 1 is 1.24 bits per heavy atom. The predicted octanol–water partition coefficient (Wildman–Crippen LogP) is 3.44. The number of rotatable bonds is 4. The van der Waals surface area contributed by atoms with E-state index in [0.717, 1.165) is 24.0 Å². The third-order valence-electron chi connectivity index (χ3n) is 4.03. The molecule has 2 N–H and O–H groups in total. The van der Waals surface area contributed by atoms with Gasteiger partial charge in [0, 0.05) is 17.1 Å². The van der Waals surface area contributed by atoms with Gasteiger partial charge in [-0.2, -0.15) is 5.26 Å². The second-order valence-corrected chi connectivity index (χ2v) is 6.82. The number of hydrogen-bond acceptors (Lipinski definition) is 7. The van der Waals surface area contributed by atoms with Gasteiger partial charge in [-0.15, -0.1) is 10.2 Å². The van der Waals surface area contributed by atoms with E-state index in [4.69, 9.17) is 14.8 Å². The van der Waals surface area contributed by atoms with Crippen LogP contribution >= 0.6 is 11.8 Å². The maximum Gasteiger partial charge on any atom is 0.341 e. The highest BCUT2D eigenvalue weighted by atomic mass is 32.2. The molecule has 0 amide bonds. The lowest BCUT2D eigenvalue weighted by Crippen LogP contribution is -2.15. The number of carboxylic acid groups (broad SMARTS) is 1. The average Bonchev–Trinajstić information content (AvgIpc) is 3.18. The molecular formula is C19H9FN4O4S. The van der Waals surface area contributed by atoms with Crippen molar-refractivity contribution in [1.29, 1.82) is 5.26 Å². The maximum absolute atomic E-state index is 14.5. The van der Waals surface area contributed by atoms with E-state index in [1.807, 2.05) is 6.07 Å². The molecule has 8 nitrogen and oxygen atoms in total. The van der Waals surface area contributed by atoms with Crippen LogP contribution in [0.25, 0.3) is 22.4 Å². The lowest BCUT2D eigenvalue weighted by molar-refractivity contribution is 0.0695. The van der Waals surface area contributed by atoms with Crippen molar-refractivity contribution in [3.05, 3.63) is 69.8 Å². The molecule has 10 heteroatoms. The molecule has 29 heavy (non-hydrogen) atoms. The number of hydrogen-bond donors (Lipinski definition) is 2. The van der Waals surface area contributed by atoms with Gasteiger partial charge >= 0.3 is 5.97 Å². The zero-order valence-corrected chi connectivity index (χ0v) is 15.2. The molecule has 0 spiro atoms. The average molecular weight is 408 g/mol. The number of carbonyl (C=O) groups is 1. The van der Waals surface area contributed by atoms with E-state index in [9.17, 15) is 14.0 Å². The Balaban J connectivity index is 1.66. The molecule has 2 aromatic carbocycles. The fourth-order valence-corrected chi connectivity index (χ4v) is 3.33. The highest BCUT2D eigenvalue weighted by molar-refractivity contribution is 7.99. The molecule has 0 saturated heterocycles. The third-order valence-corrected chi connectivity index (χ3v) is 4.90. The maximum atomic E-state index is 14.5. The van der Waals surface area contributed by atoms with Gasteiger partial charge in [-0.05, 0) is 48.2 Å². The third kappa shape index (κ3) is 3.46. The zero-order valence-electron chi connectivity index (χ0n) is 14.3. The van der Waals surface area contributed by atoms with E-state index >= 15 is 0 Å². The fourth-order valence-electron chi connectivity index (χ4n) is 2.61. The normalized spacial score (nSPS) is 10.8. The van der Waals surface area contributed by atoms with Gasteiger partial charge in [-0.25, -0.2) is 9.18 Å². The van der Waals surface area contributed by atoms with Gasteiger partial charge in [0.15, 0.2) is 0 Å². The standard InChI is InChI=1S/C19H9FN4O4S/c20-13-5-11-14(22-8-12(16(11)25)18(26)27)6-15(13)29-19-24-23-17(28-19)10-3-1-9(7-21)2-4-10/h1-6,8H,(H,22,25)(H,26,27). The number of carboxylic acids is 1. The molecule has 0 aliphatic rings. The quantitative estimate of drug-likeness (QED) is 0.525. The minimum Gasteiger partial charge on any atom is -0.477 e. The molecule has 0 atom stereocenters. The number of aromatic carboxylic acids is 1. The number of aromatic amines is 1. The number of aromatic nitrogens is 3. The Bertz CT molecular complexity index is 1360. The van der Waals surface area contributed by atoms with E-state index < -0.39 is 22.8 Å². The minimum atomic E-state index is -1.40. The first-order valence-electron chi connectivity index (χ1n) is 8.06. The van der Waals surface area contributed by atoms with E-state index in [2.05, 4.69) is 15.2 Å². The van der Waals surface area contributed by atoms with Gasteiger partial charge in [0.05, 0.1) is 22.0 Å². The van der Waals surface area contributed by atoms with Crippen LogP contribution in [0, 0.1) is 17.1 Å². The second kappa shape index (κ2) is 7.21. The summed E-state index contributed by atoms with van der Waals surface area (Å²) >= 11 is 0.863. The van der Waals surface area contributed by atoms with Crippen LogP contribution in [-0.2, 0) is 0 Å². The SMILES string of the molecule is N#Cc1ccc(-c2nnc(Sc3cc4[nH]cc(C(=O)O)c(=O)c4cc3F)o2)cc1. The van der Waals surface area contributed by atoms with Gasteiger partial charge < -0.3 is 14.5 Å². The Kier molecular flexibility index (Phi) is 4.58. The smallest absolute Gasteiger partial charge is 0.341 e. The first-order valence-corrected chi connectivity index (χ1v) is 8.88. The van der Waals surface area contributed by atoms with Crippen molar-refractivity contribution in [2.45, 2.75) is 10.1 Å². The Labute approximate surface area is 165 Å². The van der Waals surface area contributed by atoms with Crippen molar-refractivity contribution in [2.75, 3.05) is 0 Å². The topological polar surface area (TPSA) is 133 Å². The lowest BCUT2D eigenvalue weighted by Gasteiger charge is -2.04. The zero-order chi connectivity index (χ0) is 20.5. The number of halogens is 1. The molecule has 2 aromatic heterocycles. The second-order valence-electron chi connectivity index (χ2n) is 5.83. The van der Waals surface area contributed by atoms with Crippen LogP contribution in [0.15, 0.2) is 61.9 Å². The van der Waals surface area contributed by atoms with Gasteiger partial charge in [-0.3, -0.25) is 4.79 Å². The first-order chi connectivity index (χ1) is 14.0. The van der Waals surface area contributed by atoms with Gasteiger partial charge in [0.2, 0.25) is 11.3 Å². The monoisotopic (exact) mass is 408 g/mol. The summed E-state index contributed by atoms with van der Waals surface area (Å²) in [5, 5.41) is 25.6. The van der Waals surface area contributed by atoms with E-state index in [0.29, 0.717) is 11.1 Å². The molecule has 2 heterocycles. The summed E-state index contributed by atoms with van der Waals surface area (Å²) in [5.74, 6) is -1.92. The number of fused-ring (bicyclic) bond motifs is 1. The van der Waals surface area contributed by atoms with E-state index in [1.165, 1.54) is 6.07 Å². The molecule has 0 bridgehead atoms. The van der Waals surface area contributed by atoms with Crippen LogP contribution in [0.4, 0.5) is 4.39 Å². The predicted molar refractivity (Wildman–Crippen MR) is 100 cm³/mol. The highest BCUT2D eigenvalue weighted by Crippen LogP contribution is 2.32. The van der Waals surface area contributed by atoms with Crippen LogP contribution in [0.1, 0.15) is 15.9 Å². The van der Waals surface area contributed by atoms with E-state index in [-0.39, 0.29) is 26.9 Å². The molecule has 4 rings (SSSR count). The molecule has 0 radical (unpaired) electrons. The lowest BCUT2D eigenvalue weighted by atomic mass is 10.1. The van der Waals surface area contributed by atoms with Crippen LogP contribution in [0.3, 0.4) is 0 Å². The van der Waals surface area contributed by atoms with Crippen molar-refractivity contribution in [2.24, 2.45) is 0 Å². The summed E-state index contributed by atoms with van der Waals surface area (Å²) in [4.78, 5) is 26.0. The number of H-pyrrole nitrogens is 1. The minimum absolute atomic E-state index is 0.0736. The number of benzene rings is 2. The van der Waals surface area contributed by atoms with Gasteiger partial charge in [-0.1, -0.05) is 0 Å². The van der Waals surface area contributed by atoms with Crippen molar-refractivity contribution in [3.63, 3.8) is 0 Å². The summed E-state index contributed by atoms with van der Waals surface area (Å²) in [7, 11) is 0. The molecule has 0 aliphatic carbocycles. The molecule has 0 saturated carbocycles. The summed E-state index contributed by atoms with van der Waals surface area (Å²) in [5.41, 5.74) is 0.119.